The van der Waals surface area contributed by atoms with Crippen LogP contribution in [0.4, 0.5) is 0 Å². The predicted octanol–water partition coefficient (Wildman–Crippen LogP) is 5.91. The van der Waals surface area contributed by atoms with Gasteiger partial charge in [0.1, 0.15) is 0 Å². The number of thioether (sulfide) groups is 1. The molecule has 2 aromatic rings. The number of thiophene rings is 1. The largest absolute Gasteiger partial charge is 0.289 e. The van der Waals surface area contributed by atoms with Crippen molar-refractivity contribution in [1.29, 1.82) is 0 Å². The van der Waals surface area contributed by atoms with Gasteiger partial charge in [-0.3, -0.25) is 10.0 Å². The molecule has 0 spiro atoms. The first-order valence-corrected chi connectivity index (χ1v) is 11.2. The molecule has 0 fully saturated rings. The monoisotopic (exact) mass is 441 g/mol. The van der Waals surface area contributed by atoms with Gasteiger partial charge in [-0.05, 0) is 71.6 Å². The second-order valence-electron chi connectivity index (χ2n) is 6.24. The summed E-state index contributed by atoms with van der Waals surface area (Å²) in [6.45, 7) is 1.88. The van der Waals surface area contributed by atoms with Gasteiger partial charge in [0.2, 0.25) is 0 Å². The lowest BCUT2D eigenvalue weighted by molar-refractivity contribution is -0.131. The number of rotatable bonds is 9. The highest BCUT2D eigenvalue weighted by atomic mass is 79.9. The average Bonchev–Trinajstić information content (AvgIpc) is 3.07. The van der Waals surface area contributed by atoms with Crippen LogP contribution >= 0.6 is 39.0 Å². The summed E-state index contributed by atoms with van der Waals surface area (Å²) in [5.41, 5.74) is 4.38. The Morgan fingerprint density at radius 1 is 1.20 bits per heavy atom. The number of unbranched alkanes of at least 4 members (excludes halogenated alkanes) is 2. The number of aryl methyl sites for hydroxylation is 1. The highest BCUT2D eigenvalue weighted by molar-refractivity contribution is 9.11. The molecule has 1 aromatic carbocycles. The van der Waals surface area contributed by atoms with Crippen molar-refractivity contribution in [1.82, 2.24) is 5.48 Å². The van der Waals surface area contributed by atoms with E-state index in [0.29, 0.717) is 0 Å². The van der Waals surface area contributed by atoms with E-state index < -0.39 is 4.75 Å². The second kappa shape index (κ2) is 9.76. The topological polar surface area (TPSA) is 49.3 Å². The first-order chi connectivity index (χ1) is 12.0. The van der Waals surface area contributed by atoms with Crippen LogP contribution in [0.25, 0.3) is 10.4 Å². The zero-order valence-electron chi connectivity index (χ0n) is 14.5. The molecule has 0 radical (unpaired) electrons. The van der Waals surface area contributed by atoms with E-state index in [2.05, 4.69) is 52.3 Å². The van der Waals surface area contributed by atoms with Gasteiger partial charge in [-0.2, -0.15) is 0 Å². The molecule has 1 atom stereocenters. The molecule has 0 aliphatic rings. The van der Waals surface area contributed by atoms with E-state index in [-0.39, 0.29) is 5.91 Å². The molecule has 6 heteroatoms. The van der Waals surface area contributed by atoms with Gasteiger partial charge in [0.25, 0.3) is 5.91 Å². The van der Waals surface area contributed by atoms with Gasteiger partial charge >= 0.3 is 0 Å². The Morgan fingerprint density at radius 2 is 1.92 bits per heavy atom. The molecule has 0 saturated carbocycles. The molecule has 1 aromatic heterocycles. The van der Waals surface area contributed by atoms with Crippen molar-refractivity contribution in [2.75, 3.05) is 6.26 Å². The number of halogens is 1. The van der Waals surface area contributed by atoms with Crippen LogP contribution < -0.4 is 5.48 Å². The smallest absolute Gasteiger partial charge is 0.259 e. The van der Waals surface area contributed by atoms with Gasteiger partial charge in [-0.15, -0.1) is 23.1 Å². The second-order valence-corrected chi connectivity index (χ2v) is 10.0. The Labute approximate surface area is 166 Å². The molecule has 25 heavy (non-hydrogen) atoms. The molecule has 2 N–H and O–H groups in total. The van der Waals surface area contributed by atoms with Crippen LogP contribution in [-0.4, -0.2) is 22.1 Å². The number of hydrogen-bond donors (Lipinski definition) is 2. The van der Waals surface area contributed by atoms with Crippen LogP contribution in [0, 0.1) is 0 Å². The van der Waals surface area contributed by atoms with E-state index in [1.54, 1.807) is 16.8 Å². The Morgan fingerprint density at radius 3 is 2.48 bits per heavy atom. The minimum atomic E-state index is -0.550. The summed E-state index contributed by atoms with van der Waals surface area (Å²) in [5.74, 6) is -0.309. The van der Waals surface area contributed by atoms with Crippen molar-refractivity contribution in [2.24, 2.45) is 0 Å². The third-order valence-corrected chi connectivity index (χ3v) is 7.43. The Balaban J connectivity index is 1.76. The maximum Gasteiger partial charge on any atom is 0.259 e. The summed E-state index contributed by atoms with van der Waals surface area (Å²) in [6, 6.07) is 13.0. The lowest BCUT2D eigenvalue weighted by Gasteiger charge is -2.24. The summed E-state index contributed by atoms with van der Waals surface area (Å²) in [4.78, 5) is 13.0. The number of hydrogen-bond acceptors (Lipinski definition) is 4. The molecule has 136 valence electrons. The SMILES string of the molecule is CSC(C)(CCCCCc1ccc(-c2ccc(Br)s2)cc1)C(=O)NO. The molecule has 1 amide bonds. The van der Waals surface area contributed by atoms with E-state index in [0.717, 1.165) is 35.9 Å². The minimum absolute atomic E-state index is 0.309. The van der Waals surface area contributed by atoms with Crippen molar-refractivity contribution >= 4 is 44.9 Å². The van der Waals surface area contributed by atoms with Gasteiger partial charge in [-0.25, -0.2) is 5.48 Å². The molecule has 0 saturated heterocycles. The van der Waals surface area contributed by atoms with Crippen LogP contribution in [0.5, 0.6) is 0 Å². The Kier molecular flexibility index (Phi) is 8.00. The molecular weight excluding hydrogens is 418 g/mol. The minimum Gasteiger partial charge on any atom is -0.289 e. The third-order valence-electron chi connectivity index (χ3n) is 4.46. The van der Waals surface area contributed by atoms with Crippen LogP contribution in [0.15, 0.2) is 40.2 Å². The molecule has 1 unspecified atom stereocenters. The summed E-state index contributed by atoms with van der Waals surface area (Å²) in [6.07, 6.45) is 6.89. The third kappa shape index (κ3) is 5.84. The van der Waals surface area contributed by atoms with Crippen molar-refractivity contribution in [2.45, 2.75) is 43.8 Å². The van der Waals surface area contributed by atoms with E-state index >= 15 is 0 Å². The van der Waals surface area contributed by atoms with Gasteiger partial charge in [0.05, 0.1) is 8.53 Å². The molecule has 2 rings (SSSR count). The van der Waals surface area contributed by atoms with Crippen LogP contribution in [0.1, 0.15) is 38.2 Å². The zero-order valence-corrected chi connectivity index (χ0v) is 17.8. The van der Waals surface area contributed by atoms with Crippen LogP contribution in [0.2, 0.25) is 0 Å². The molecular formula is C19H24BrNO2S2. The van der Waals surface area contributed by atoms with Crippen LogP contribution in [-0.2, 0) is 11.2 Å². The Hall–Kier alpha value is -0.820. The highest BCUT2D eigenvalue weighted by Gasteiger charge is 2.31. The lowest BCUT2D eigenvalue weighted by Crippen LogP contribution is -2.40. The molecule has 0 aliphatic heterocycles. The first kappa shape index (κ1) is 20.5. The maximum absolute atomic E-state index is 11.7. The van der Waals surface area contributed by atoms with E-state index in [1.807, 2.05) is 13.2 Å². The number of hydroxylamine groups is 1. The molecule has 3 nitrogen and oxygen atoms in total. The predicted molar refractivity (Wildman–Crippen MR) is 111 cm³/mol. The lowest BCUT2D eigenvalue weighted by atomic mass is 9.99. The highest BCUT2D eigenvalue weighted by Crippen LogP contribution is 2.32. The summed E-state index contributed by atoms with van der Waals surface area (Å²) >= 11 is 6.73. The van der Waals surface area contributed by atoms with Crippen molar-refractivity contribution < 1.29 is 10.0 Å². The van der Waals surface area contributed by atoms with E-state index in [4.69, 9.17) is 5.21 Å². The molecule has 0 aliphatic carbocycles. The molecule has 0 bridgehead atoms. The van der Waals surface area contributed by atoms with Crippen molar-refractivity contribution in [3.8, 4) is 10.4 Å². The zero-order chi connectivity index (χ0) is 18.3. The van der Waals surface area contributed by atoms with Gasteiger partial charge in [0.15, 0.2) is 0 Å². The maximum atomic E-state index is 11.7. The standard InChI is InChI=1S/C19H24BrNO2S2/c1-19(24-2,18(22)21-23)13-5-3-4-6-14-7-9-15(10-8-14)16-11-12-17(20)25-16/h7-12,23H,3-6,13H2,1-2H3,(H,21,22). The molecule has 1 heterocycles. The summed E-state index contributed by atoms with van der Waals surface area (Å²) in [7, 11) is 0. The number of benzene rings is 1. The number of carbonyl (C=O) groups excluding carboxylic acids is 1. The quantitative estimate of drug-likeness (QED) is 0.289. The fourth-order valence-corrected chi connectivity index (χ4v) is 4.67. The number of amides is 1. The van der Waals surface area contributed by atoms with E-state index in [1.165, 1.54) is 27.8 Å². The fraction of sp³-hybridized carbons (Fsp3) is 0.421. The normalized spacial score (nSPS) is 13.4. The average molecular weight is 442 g/mol. The van der Waals surface area contributed by atoms with Crippen molar-refractivity contribution in [3.05, 3.63) is 45.7 Å². The fourth-order valence-electron chi connectivity index (χ4n) is 2.70. The number of carbonyl (C=O) groups is 1. The summed E-state index contributed by atoms with van der Waals surface area (Å²) < 4.78 is 0.601. The van der Waals surface area contributed by atoms with Crippen molar-refractivity contribution in [3.63, 3.8) is 0 Å². The van der Waals surface area contributed by atoms with E-state index in [9.17, 15) is 4.79 Å². The first-order valence-electron chi connectivity index (χ1n) is 8.33. The summed E-state index contributed by atoms with van der Waals surface area (Å²) in [5, 5.41) is 8.84. The number of nitrogens with one attached hydrogen (secondary N) is 1. The van der Waals surface area contributed by atoms with Crippen LogP contribution in [0.3, 0.4) is 0 Å². The van der Waals surface area contributed by atoms with Gasteiger partial charge < -0.3 is 0 Å². The van der Waals surface area contributed by atoms with Gasteiger partial charge in [-0.1, -0.05) is 37.1 Å². The Bertz CT molecular complexity index is 687. The van der Waals surface area contributed by atoms with Gasteiger partial charge in [0, 0.05) is 4.88 Å².